The van der Waals surface area contributed by atoms with Crippen molar-refractivity contribution in [2.24, 2.45) is 0 Å². The second-order valence-corrected chi connectivity index (χ2v) is 12.9. The monoisotopic (exact) mass is 429 g/mol. The molecule has 0 aliphatic carbocycles. The molecule has 158 valence electrons. The predicted molar refractivity (Wildman–Crippen MR) is 118 cm³/mol. The summed E-state index contributed by atoms with van der Waals surface area (Å²) >= 11 is 5.26. The van der Waals surface area contributed by atoms with Crippen LogP contribution in [0.1, 0.15) is 32.1 Å². The number of nitrogens with one attached hydrogen (secondary N) is 2. The van der Waals surface area contributed by atoms with Crippen molar-refractivity contribution in [2.75, 3.05) is 26.0 Å². The Hall–Kier alpha value is -1.02. The number of allylic oxidation sites excluding steroid dienone is 1. The number of nitrogens with zero attached hydrogens (tertiary/aromatic N) is 1. The van der Waals surface area contributed by atoms with Crippen molar-refractivity contribution in [3.63, 3.8) is 0 Å². The van der Waals surface area contributed by atoms with E-state index in [0.717, 1.165) is 6.16 Å². The molecule has 0 saturated carbocycles. The molecule has 0 radical (unpaired) electrons. The Labute approximate surface area is 171 Å². The summed E-state index contributed by atoms with van der Waals surface area (Å²) < 4.78 is 7.61. The van der Waals surface area contributed by atoms with Gasteiger partial charge in [-0.15, -0.1) is 13.2 Å². The minimum atomic E-state index is -1.26. The van der Waals surface area contributed by atoms with Gasteiger partial charge in [0.25, 0.3) is 5.56 Å². The highest BCUT2D eigenvalue weighted by atomic mass is 32.1. The van der Waals surface area contributed by atoms with E-state index < -0.39 is 31.4 Å². The van der Waals surface area contributed by atoms with Gasteiger partial charge in [0.05, 0.1) is 6.10 Å². The molecule has 1 aliphatic heterocycles. The Morgan fingerprint density at radius 1 is 1.43 bits per heavy atom. The fraction of sp³-hybridized carbons (Fsp3) is 0.632. The van der Waals surface area contributed by atoms with Crippen LogP contribution >= 0.6 is 19.1 Å². The van der Waals surface area contributed by atoms with E-state index in [1.54, 1.807) is 6.20 Å². The largest absolute Gasteiger partial charge is 0.388 e. The molecule has 0 aromatic carbocycles. The average molecular weight is 430 g/mol. The number of rotatable bonds is 8. The van der Waals surface area contributed by atoms with Crippen LogP contribution in [0.2, 0.25) is 0 Å². The molecule has 28 heavy (non-hydrogen) atoms. The number of hydrogen-bond acceptors (Lipinski definition) is 6. The van der Waals surface area contributed by atoms with E-state index in [9.17, 15) is 15.0 Å². The lowest BCUT2D eigenvalue weighted by atomic mass is 10.1. The van der Waals surface area contributed by atoms with Crippen molar-refractivity contribution in [3.05, 3.63) is 38.5 Å². The lowest BCUT2D eigenvalue weighted by Gasteiger charge is -2.20. The Balaban J connectivity index is 2.18. The van der Waals surface area contributed by atoms with E-state index in [2.05, 4.69) is 29.9 Å². The summed E-state index contributed by atoms with van der Waals surface area (Å²) in [5.74, 6) is 0. The summed E-state index contributed by atoms with van der Waals surface area (Å²) in [6.45, 7) is 7.98. The molecule has 0 amide bonds. The molecule has 4 N–H and O–H groups in total. The molecule has 1 aliphatic rings. The van der Waals surface area contributed by atoms with E-state index in [0.29, 0.717) is 25.1 Å². The van der Waals surface area contributed by atoms with Gasteiger partial charge < -0.3 is 20.3 Å². The van der Waals surface area contributed by atoms with Gasteiger partial charge in [-0.05, 0) is 52.0 Å². The SMILES string of the molecule is C=P(C)(C)CC[C@H]1O[C@@H](n2cc(CNCC=C(C)C)c(=O)[nH]c2=S)[C@H](O)[C@@H]1O. The minimum absolute atomic E-state index is 0.153. The van der Waals surface area contributed by atoms with Crippen molar-refractivity contribution in [1.29, 1.82) is 0 Å². The fourth-order valence-corrected chi connectivity index (χ4v) is 4.20. The molecular formula is C19H32N3O4PS. The average Bonchev–Trinajstić information content (AvgIpc) is 2.86. The zero-order chi connectivity index (χ0) is 21.1. The van der Waals surface area contributed by atoms with Gasteiger partial charge in [-0.2, -0.15) is 0 Å². The lowest BCUT2D eigenvalue weighted by Crippen LogP contribution is -2.33. The van der Waals surface area contributed by atoms with Gasteiger partial charge in [0.2, 0.25) is 0 Å². The number of H-pyrrole nitrogens is 1. The van der Waals surface area contributed by atoms with E-state index in [4.69, 9.17) is 17.0 Å². The van der Waals surface area contributed by atoms with Gasteiger partial charge in [0.1, 0.15) is 12.2 Å². The van der Waals surface area contributed by atoms with Gasteiger partial charge in [-0.1, -0.05) is 11.6 Å². The van der Waals surface area contributed by atoms with Crippen LogP contribution in [0.5, 0.6) is 0 Å². The standard InChI is InChI=1S/C19H32N3O4PS/c1-12(2)6-8-20-10-13-11-22(19(28)21-17(13)25)18-16(24)15(23)14(26-18)7-9-27(3,4)5/h6,11,14-16,18,20,23-24H,3,7-10H2,1-2,4-5H3,(H,21,25,28)/t14-,15-,16-,18-/m1/s1. The second-order valence-electron chi connectivity index (χ2n) is 8.23. The summed E-state index contributed by atoms with van der Waals surface area (Å²) in [5.41, 5.74) is 1.39. The van der Waals surface area contributed by atoms with Gasteiger partial charge in [0, 0.05) is 24.8 Å². The van der Waals surface area contributed by atoms with Gasteiger partial charge in [-0.25, -0.2) is 0 Å². The van der Waals surface area contributed by atoms with Crippen molar-refractivity contribution < 1.29 is 14.9 Å². The fourth-order valence-electron chi connectivity index (χ4n) is 3.00. The van der Waals surface area contributed by atoms with Crippen molar-refractivity contribution >= 4 is 25.4 Å². The third kappa shape index (κ3) is 6.24. The number of aliphatic hydroxyl groups is 2. The molecule has 0 bridgehead atoms. The number of hydrogen-bond donors (Lipinski definition) is 4. The summed E-state index contributed by atoms with van der Waals surface area (Å²) in [4.78, 5) is 14.8. The molecule has 0 spiro atoms. The molecule has 4 atom stereocenters. The first-order chi connectivity index (χ1) is 13.0. The molecule has 9 heteroatoms. The number of ether oxygens (including phenoxy) is 1. The molecule has 1 aromatic heterocycles. The summed E-state index contributed by atoms with van der Waals surface area (Å²) in [6, 6.07) is 0. The van der Waals surface area contributed by atoms with Crippen LogP contribution < -0.4 is 10.9 Å². The molecule has 1 saturated heterocycles. The Bertz CT molecular complexity index is 869. The van der Waals surface area contributed by atoms with Crippen LogP contribution in [0.3, 0.4) is 0 Å². The maximum atomic E-state index is 12.2. The summed E-state index contributed by atoms with van der Waals surface area (Å²) in [6.07, 6.45) is 5.80. The quantitative estimate of drug-likeness (QED) is 0.217. The first-order valence-corrected chi connectivity index (χ1v) is 12.8. The Morgan fingerprint density at radius 2 is 2.11 bits per heavy atom. The smallest absolute Gasteiger partial charge is 0.256 e. The molecular weight excluding hydrogens is 397 g/mol. The highest BCUT2D eigenvalue weighted by molar-refractivity contribution is 7.72. The van der Waals surface area contributed by atoms with E-state index >= 15 is 0 Å². The van der Waals surface area contributed by atoms with E-state index in [1.165, 1.54) is 10.1 Å². The van der Waals surface area contributed by atoms with E-state index in [-0.39, 0.29) is 10.3 Å². The van der Waals surface area contributed by atoms with Crippen molar-refractivity contribution in [3.8, 4) is 0 Å². The maximum Gasteiger partial charge on any atom is 0.256 e. The van der Waals surface area contributed by atoms with Crippen LogP contribution in [-0.4, -0.2) is 70.4 Å². The van der Waals surface area contributed by atoms with Crippen molar-refractivity contribution in [1.82, 2.24) is 14.9 Å². The molecule has 1 aromatic rings. The second kappa shape index (κ2) is 9.65. The van der Waals surface area contributed by atoms with Crippen molar-refractivity contribution in [2.45, 2.75) is 51.4 Å². The zero-order valence-electron chi connectivity index (χ0n) is 17.0. The Kier molecular flexibility index (Phi) is 8.02. The minimum Gasteiger partial charge on any atom is -0.388 e. The number of aromatic amines is 1. The lowest BCUT2D eigenvalue weighted by molar-refractivity contribution is -0.0392. The molecule has 2 heterocycles. The van der Waals surface area contributed by atoms with Gasteiger partial charge in [0.15, 0.2) is 11.0 Å². The topological polar surface area (TPSA) is 99.5 Å². The molecule has 1 fully saturated rings. The molecule has 7 nitrogen and oxygen atoms in total. The summed E-state index contributed by atoms with van der Waals surface area (Å²) in [7, 11) is 0. The first-order valence-electron chi connectivity index (χ1n) is 9.37. The predicted octanol–water partition coefficient (Wildman–Crippen LogP) is 1.68. The number of aromatic nitrogens is 2. The van der Waals surface area contributed by atoms with Gasteiger partial charge in [-0.3, -0.25) is 14.3 Å². The Morgan fingerprint density at radius 3 is 2.71 bits per heavy atom. The zero-order valence-corrected chi connectivity index (χ0v) is 18.7. The van der Waals surface area contributed by atoms with Crippen LogP contribution in [0.4, 0.5) is 0 Å². The van der Waals surface area contributed by atoms with E-state index in [1.807, 2.05) is 19.9 Å². The summed E-state index contributed by atoms with van der Waals surface area (Å²) in [5, 5.41) is 24.1. The van der Waals surface area contributed by atoms with Crippen LogP contribution in [0, 0.1) is 4.77 Å². The highest BCUT2D eigenvalue weighted by Crippen LogP contribution is 2.39. The third-order valence-electron chi connectivity index (χ3n) is 4.64. The third-order valence-corrected chi connectivity index (χ3v) is 6.42. The maximum absolute atomic E-state index is 12.2. The normalized spacial score (nSPS) is 25.1. The molecule has 2 rings (SSSR count). The van der Waals surface area contributed by atoms with Gasteiger partial charge >= 0.3 is 0 Å². The molecule has 0 unspecified atom stereocenters. The van der Waals surface area contributed by atoms with Crippen LogP contribution in [-0.2, 0) is 11.3 Å². The first kappa shape index (κ1) is 23.3. The van der Waals surface area contributed by atoms with Crippen LogP contribution in [0.25, 0.3) is 0 Å². The number of aliphatic hydroxyl groups excluding tert-OH is 2. The van der Waals surface area contributed by atoms with Crippen LogP contribution in [0.15, 0.2) is 22.6 Å². The highest BCUT2D eigenvalue weighted by Gasteiger charge is 2.43.